The van der Waals surface area contributed by atoms with E-state index in [0.717, 1.165) is 22.9 Å². The molecule has 0 bridgehead atoms. The number of rotatable bonds is 4. The SMILES string of the molecule is Cc1nc2ccccc2n1CCNC(=O)c1ccccc1C(F)(F)F. The van der Waals surface area contributed by atoms with Crippen LogP contribution >= 0.6 is 0 Å². The van der Waals surface area contributed by atoms with Gasteiger partial charge in [-0.25, -0.2) is 4.98 Å². The van der Waals surface area contributed by atoms with E-state index in [0.29, 0.717) is 6.54 Å². The normalized spacial score (nSPS) is 11.7. The molecule has 1 N–H and O–H groups in total. The summed E-state index contributed by atoms with van der Waals surface area (Å²) < 4.78 is 40.9. The molecule has 3 rings (SSSR count). The van der Waals surface area contributed by atoms with Gasteiger partial charge < -0.3 is 9.88 Å². The number of aromatic nitrogens is 2. The Balaban J connectivity index is 1.72. The van der Waals surface area contributed by atoms with Crippen LogP contribution < -0.4 is 5.32 Å². The number of alkyl halides is 3. The number of para-hydroxylation sites is 2. The van der Waals surface area contributed by atoms with Crippen LogP contribution in [0.15, 0.2) is 48.5 Å². The van der Waals surface area contributed by atoms with E-state index in [1.54, 1.807) is 0 Å². The maximum atomic E-state index is 13.0. The lowest BCUT2D eigenvalue weighted by molar-refractivity contribution is -0.137. The number of carbonyl (C=O) groups is 1. The van der Waals surface area contributed by atoms with Crippen molar-refractivity contribution >= 4 is 16.9 Å². The second-order valence-electron chi connectivity index (χ2n) is 5.60. The van der Waals surface area contributed by atoms with Crippen LogP contribution in [0.25, 0.3) is 11.0 Å². The van der Waals surface area contributed by atoms with Crippen LogP contribution in [-0.4, -0.2) is 22.0 Å². The Hall–Kier alpha value is -2.83. The van der Waals surface area contributed by atoms with E-state index in [9.17, 15) is 18.0 Å². The second kappa shape index (κ2) is 6.58. The van der Waals surface area contributed by atoms with Crippen molar-refractivity contribution in [2.24, 2.45) is 0 Å². The molecule has 7 heteroatoms. The lowest BCUT2D eigenvalue weighted by atomic mass is 10.1. The molecule has 4 nitrogen and oxygen atoms in total. The summed E-state index contributed by atoms with van der Waals surface area (Å²) in [5.41, 5.74) is 0.456. The van der Waals surface area contributed by atoms with E-state index in [-0.39, 0.29) is 12.1 Å². The van der Waals surface area contributed by atoms with Crippen LogP contribution in [0.5, 0.6) is 0 Å². The van der Waals surface area contributed by atoms with Gasteiger partial charge in [0.15, 0.2) is 0 Å². The zero-order valence-electron chi connectivity index (χ0n) is 13.5. The summed E-state index contributed by atoms with van der Waals surface area (Å²) in [6.07, 6.45) is -4.56. The predicted molar refractivity (Wildman–Crippen MR) is 88.2 cm³/mol. The summed E-state index contributed by atoms with van der Waals surface area (Å²) in [7, 11) is 0. The van der Waals surface area contributed by atoms with Gasteiger partial charge in [-0.05, 0) is 31.2 Å². The highest BCUT2D eigenvalue weighted by Crippen LogP contribution is 2.31. The van der Waals surface area contributed by atoms with Gasteiger partial charge in [0.2, 0.25) is 0 Å². The Kier molecular flexibility index (Phi) is 4.48. The summed E-state index contributed by atoms with van der Waals surface area (Å²) in [5.74, 6) is 0.0427. The summed E-state index contributed by atoms with van der Waals surface area (Å²) in [5, 5.41) is 2.55. The molecule has 3 aromatic rings. The molecule has 130 valence electrons. The molecular formula is C18H16F3N3O. The number of carbonyl (C=O) groups excluding carboxylic acids is 1. The average Bonchev–Trinajstić information content (AvgIpc) is 2.90. The first kappa shape index (κ1) is 17.0. The van der Waals surface area contributed by atoms with E-state index in [1.807, 2.05) is 35.8 Å². The van der Waals surface area contributed by atoms with Gasteiger partial charge in [-0.2, -0.15) is 13.2 Å². The fourth-order valence-corrected chi connectivity index (χ4v) is 2.78. The monoisotopic (exact) mass is 347 g/mol. The van der Waals surface area contributed by atoms with Crippen LogP contribution in [0.2, 0.25) is 0 Å². The first-order valence-electron chi connectivity index (χ1n) is 7.74. The van der Waals surface area contributed by atoms with Crippen molar-refractivity contribution in [2.45, 2.75) is 19.6 Å². The molecule has 0 aliphatic heterocycles. The summed E-state index contributed by atoms with van der Waals surface area (Å²) in [4.78, 5) is 16.6. The van der Waals surface area contributed by atoms with E-state index >= 15 is 0 Å². The number of nitrogens with zero attached hydrogens (tertiary/aromatic N) is 2. The molecule has 0 spiro atoms. The van der Waals surface area contributed by atoms with Gasteiger partial charge in [0.25, 0.3) is 5.91 Å². The highest BCUT2D eigenvalue weighted by molar-refractivity contribution is 5.95. The third kappa shape index (κ3) is 3.50. The molecule has 0 aliphatic carbocycles. The standard InChI is InChI=1S/C18H16F3N3O/c1-12-23-15-8-4-5-9-16(15)24(12)11-10-22-17(25)13-6-2-3-7-14(13)18(19,20)21/h2-9H,10-11H2,1H3,(H,22,25). The van der Waals surface area contributed by atoms with Crippen LogP contribution in [0.4, 0.5) is 13.2 Å². The van der Waals surface area contributed by atoms with Gasteiger partial charge in [0.1, 0.15) is 5.82 Å². The van der Waals surface area contributed by atoms with Gasteiger partial charge in [-0.15, -0.1) is 0 Å². The second-order valence-corrected chi connectivity index (χ2v) is 5.60. The number of aryl methyl sites for hydroxylation is 1. The van der Waals surface area contributed by atoms with Crippen molar-refractivity contribution in [1.82, 2.24) is 14.9 Å². The van der Waals surface area contributed by atoms with Crippen molar-refractivity contribution in [1.29, 1.82) is 0 Å². The fraction of sp³-hybridized carbons (Fsp3) is 0.222. The first-order chi connectivity index (χ1) is 11.9. The Bertz CT molecular complexity index is 915. The number of hydrogen-bond acceptors (Lipinski definition) is 2. The molecule has 1 amide bonds. The zero-order chi connectivity index (χ0) is 18.0. The van der Waals surface area contributed by atoms with Crippen LogP contribution in [0.3, 0.4) is 0 Å². The van der Waals surface area contributed by atoms with Crippen LogP contribution in [-0.2, 0) is 12.7 Å². The number of halogens is 3. The molecule has 2 aromatic carbocycles. The number of benzene rings is 2. The van der Waals surface area contributed by atoms with Crippen LogP contribution in [0, 0.1) is 6.92 Å². The zero-order valence-corrected chi connectivity index (χ0v) is 13.5. The molecule has 1 heterocycles. The minimum absolute atomic E-state index is 0.201. The van der Waals surface area contributed by atoms with E-state index in [4.69, 9.17) is 0 Å². The topological polar surface area (TPSA) is 46.9 Å². The van der Waals surface area contributed by atoms with E-state index in [1.165, 1.54) is 18.2 Å². The van der Waals surface area contributed by atoms with Crippen LogP contribution in [0.1, 0.15) is 21.7 Å². The number of imidazole rings is 1. The molecular weight excluding hydrogens is 331 g/mol. The molecule has 0 atom stereocenters. The molecule has 1 aromatic heterocycles. The lowest BCUT2D eigenvalue weighted by Gasteiger charge is -2.13. The highest BCUT2D eigenvalue weighted by Gasteiger charge is 2.34. The minimum atomic E-state index is -4.56. The van der Waals surface area contributed by atoms with Crippen molar-refractivity contribution in [3.63, 3.8) is 0 Å². The Morgan fingerprint density at radius 2 is 1.80 bits per heavy atom. The van der Waals surface area contributed by atoms with Crippen molar-refractivity contribution in [3.8, 4) is 0 Å². The molecule has 0 saturated heterocycles. The van der Waals surface area contributed by atoms with E-state index < -0.39 is 17.6 Å². The maximum absolute atomic E-state index is 13.0. The van der Waals surface area contributed by atoms with Crippen molar-refractivity contribution in [2.75, 3.05) is 6.54 Å². The minimum Gasteiger partial charge on any atom is -0.350 e. The summed E-state index contributed by atoms with van der Waals surface area (Å²) >= 11 is 0. The number of nitrogens with one attached hydrogen (secondary N) is 1. The quantitative estimate of drug-likeness (QED) is 0.780. The van der Waals surface area contributed by atoms with E-state index in [2.05, 4.69) is 10.3 Å². The Morgan fingerprint density at radius 1 is 1.12 bits per heavy atom. The molecule has 0 aliphatic rings. The molecule has 0 fully saturated rings. The molecule has 25 heavy (non-hydrogen) atoms. The molecule has 0 unspecified atom stereocenters. The smallest absolute Gasteiger partial charge is 0.350 e. The lowest BCUT2D eigenvalue weighted by Crippen LogP contribution is -2.29. The van der Waals surface area contributed by atoms with Gasteiger partial charge in [0.05, 0.1) is 22.2 Å². The molecule has 0 radical (unpaired) electrons. The predicted octanol–water partition coefficient (Wildman–Crippen LogP) is 3.79. The first-order valence-corrected chi connectivity index (χ1v) is 7.74. The number of amides is 1. The van der Waals surface area contributed by atoms with Crippen molar-refractivity contribution in [3.05, 3.63) is 65.5 Å². The molecule has 0 saturated carbocycles. The Morgan fingerprint density at radius 3 is 2.56 bits per heavy atom. The average molecular weight is 347 g/mol. The van der Waals surface area contributed by atoms with Gasteiger partial charge in [-0.3, -0.25) is 4.79 Å². The Labute approximate surface area is 142 Å². The summed E-state index contributed by atoms with van der Waals surface area (Å²) in [6, 6.07) is 12.3. The largest absolute Gasteiger partial charge is 0.417 e. The fourth-order valence-electron chi connectivity index (χ4n) is 2.78. The third-order valence-electron chi connectivity index (χ3n) is 3.94. The third-order valence-corrected chi connectivity index (χ3v) is 3.94. The van der Waals surface area contributed by atoms with Gasteiger partial charge >= 0.3 is 6.18 Å². The van der Waals surface area contributed by atoms with Gasteiger partial charge in [-0.1, -0.05) is 24.3 Å². The highest BCUT2D eigenvalue weighted by atomic mass is 19.4. The van der Waals surface area contributed by atoms with Gasteiger partial charge in [0, 0.05) is 13.1 Å². The maximum Gasteiger partial charge on any atom is 0.417 e. The number of fused-ring (bicyclic) bond motifs is 1. The summed E-state index contributed by atoms with van der Waals surface area (Å²) in [6.45, 7) is 2.47. The number of hydrogen-bond donors (Lipinski definition) is 1. The van der Waals surface area contributed by atoms with Crippen molar-refractivity contribution < 1.29 is 18.0 Å².